The number of thiazole rings is 1. The maximum absolute atomic E-state index is 13.6. The van der Waals surface area contributed by atoms with E-state index in [9.17, 15) is 8.78 Å². The summed E-state index contributed by atoms with van der Waals surface area (Å²) < 4.78 is 26.7. The Labute approximate surface area is 138 Å². The van der Waals surface area contributed by atoms with Gasteiger partial charge in [-0.05, 0) is 32.0 Å². The SMILES string of the molecule is CN=C(NCCc1nc(C)c(C)s1)NCc1cc(F)ccc1F. The first kappa shape index (κ1) is 17.3. The van der Waals surface area contributed by atoms with Crippen molar-refractivity contribution in [2.24, 2.45) is 4.99 Å². The maximum atomic E-state index is 13.6. The molecule has 0 amide bonds. The molecular formula is C16H20F2N4S. The average molecular weight is 338 g/mol. The molecule has 0 aliphatic heterocycles. The van der Waals surface area contributed by atoms with E-state index in [-0.39, 0.29) is 12.1 Å². The number of hydrogen-bond donors (Lipinski definition) is 2. The van der Waals surface area contributed by atoms with E-state index in [4.69, 9.17) is 0 Å². The van der Waals surface area contributed by atoms with E-state index in [0.29, 0.717) is 12.5 Å². The van der Waals surface area contributed by atoms with Crippen LogP contribution in [-0.2, 0) is 13.0 Å². The van der Waals surface area contributed by atoms with Crippen molar-refractivity contribution in [1.29, 1.82) is 0 Å². The number of rotatable bonds is 5. The maximum Gasteiger partial charge on any atom is 0.191 e. The first-order valence-electron chi connectivity index (χ1n) is 7.31. The molecule has 7 heteroatoms. The van der Waals surface area contributed by atoms with Crippen LogP contribution in [-0.4, -0.2) is 24.5 Å². The molecule has 2 rings (SSSR count). The summed E-state index contributed by atoms with van der Waals surface area (Å²) in [5.41, 5.74) is 1.33. The highest BCUT2D eigenvalue weighted by molar-refractivity contribution is 7.11. The largest absolute Gasteiger partial charge is 0.356 e. The number of nitrogens with one attached hydrogen (secondary N) is 2. The summed E-state index contributed by atoms with van der Waals surface area (Å²) >= 11 is 1.68. The first-order chi connectivity index (χ1) is 11.0. The van der Waals surface area contributed by atoms with Crippen LogP contribution in [0.4, 0.5) is 8.78 Å². The Morgan fingerprint density at radius 1 is 1.26 bits per heavy atom. The van der Waals surface area contributed by atoms with Crippen molar-refractivity contribution < 1.29 is 8.78 Å². The minimum absolute atomic E-state index is 0.165. The number of aliphatic imine (C=N–C) groups is 1. The molecule has 0 saturated carbocycles. The summed E-state index contributed by atoms with van der Waals surface area (Å²) in [4.78, 5) is 9.77. The monoisotopic (exact) mass is 338 g/mol. The fourth-order valence-corrected chi connectivity index (χ4v) is 2.95. The second-order valence-corrected chi connectivity index (χ2v) is 6.38. The van der Waals surface area contributed by atoms with Gasteiger partial charge in [-0.3, -0.25) is 4.99 Å². The second-order valence-electron chi connectivity index (χ2n) is 5.09. The van der Waals surface area contributed by atoms with Gasteiger partial charge in [-0.25, -0.2) is 13.8 Å². The molecule has 23 heavy (non-hydrogen) atoms. The summed E-state index contributed by atoms with van der Waals surface area (Å²) in [5, 5.41) is 7.18. The number of halogens is 2. The van der Waals surface area contributed by atoms with E-state index >= 15 is 0 Å². The van der Waals surface area contributed by atoms with Crippen LogP contribution >= 0.6 is 11.3 Å². The highest BCUT2D eigenvalue weighted by atomic mass is 32.1. The number of nitrogens with zero attached hydrogens (tertiary/aromatic N) is 2. The standard InChI is InChI=1S/C16H20F2N4S/c1-10-11(2)23-15(22-10)6-7-20-16(19-3)21-9-12-8-13(17)4-5-14(12)18/h4-5,8H,6-7,9H2,1-3H3,(H2,19,20,21). The minimum atomic E-state index is -0.458. The van der Waals surface area contributed by atoms with Crippen LogP contribution in [0.1, 0.15) is 21.1 Å². The highest BCUT2D eigenvalue weighted by Gasteiger charge is 2.06. The van der Waals surface area contributed by atoms with E-state index < -0.39 is 11.6 Å². The number of aromatic nitrogens is 1. The first-order valence-corrected chi connectivity index (χ1v) is 8.12. The summed E-state index contributed by atoms with van der Waals surface area (Å²) in [6.07, 6.45) is 0.786. The molecule has 2 N–H and O–H groups in total. The van der Waals surface area contributed by atoms with Crippen molar-refractivity contribution in [3.05, 3.63) is 51.0 Å². The van der Waals surface area contributed by atoms with E-state index in [1.807, 2.05) is 6.92 Å². The molecule has 0 saturated heterocycles. The quantitative estimate of drug-likeness (QED) is 0.651. The van der Waals surface area contributed by atoms with Gasteiger partial charge in [0.25, 0.3) is 0 Å². The molecule has 0 aliphatic rings. The van der Waals surface area contributed by atoms with Crippen molar-refractivity contribution in [3.63, 3.8) is 0 Å². The van der Waals surface area contributed by atoms with E-state index in [1.165, 1.54) is 10.9 Å². The minimum Gasteiger partial charge on any atom is -0.356 e. The van der Waals surface area contributed by atoms with Crippen molar-refractivity contribution in [2.75, 3.05) is 13.6 Å². The molecule has 2 aromatic rings. The van der Waals surface area contributed by atoms with Gasteiger partial charge in [0.05, 0.1) is 10.7 Å². The molecule has 0 aliphatic carbocycles. The molecule has 0 spiro atoms. The van der Waals surface area contributed by atoms with Crippen molar-refractivity contribution in [2.45, 2.75) is 26.8 Å². The summed E-state index contributed by atoms with van der Waals surface area (Å²) in [7, 11) is 1.63. The van der Waals surface area contributed by atoms with Gasteiger partial charge in [-0.1, -0.05) is 0 Å². The van der Waals surface area contributed by atoms with Crippen molar-refractivity contribution in [3.8, 4) is 0 Å². The molecule has 0 radical (unpaired) electrons. The molecule has 4 nitrogen and oxygen atoms in total. The lowest BCUT2D eigenvalue weighted by Crippen LogP contribution is -2.38. The number of benzene rings is 1. The number of guanidine groups is 1. The Balaban J connectivity index is 1.82. The molecule has 0 fully saturated rings. The number of aryl methyl sites for hydroxylation is 2. The van der Waals surface area contributed by atoms with Gasteiger partial charge in [-0.2, -0.15) is 0 Å². The van der Waals surface area contributed by atoms with Crippen LogP contribution in [0.2, 0.25) is 0 Å². The predicted octanol–water partition coefficient (Wildman–Crippen LogP) is 2.95. The third-order valence-corrected chi connectivity index (χ3v) is 4.51. The normalized spacial score (nSPS) is 11.6. The second kappa shape index (κ2) is 8.01. The molecule has 1 aromatic heterocycles. The van der Waals surface area contributed by atoms with Gasteiger partial charge < -0.3 is 10.6 Å². The predicted molar refractivity (Wildman–Crippen MR) is 89.9 cm³/mol. The lowest BCUT2D eigenvalue weighted by Gasteiger charge is -2.12. The third-order valence-electron chi connectivity index (χ3n) is 3.38. The Kier molecular flexibility index (Phi) is 6.04. The Bertz CT molecular complexity index is 678. The van der Waals surface area contributed by atoms with Crippen LogP contribution in [0, 0.1) is 25.5 Å². The van der Waals surface area contributed by atoms with E-state index in [1.54, 1.807) is 18.4 Å². The van der Waals surface area contributed by atoms with Crippen molar-refractivity contribution >= 4 is 17.3 Å². The van der Waals surface area contributed by atoms with Crippen LogP contribution in [0.25, 0.3) is 0 Å². The molecule has 124 valence electrons. The van der Waals surface area contributed by atoms with Gasteiger partial charge in [0.1, 0.15) is 11.6 Å². The fourth-order valence-electron chi connectivity index (χ4n) is 2.01. The highest BCUT2D eigenvalue weighted by Crippen LogP contribution is 2.16. The number of hydrogen-bond acceptors (Lipinski definition) is 3. The lowest BCUT2D eigenvalue weighted by molar-refractivity contribution is 0.581. The fraction of sp³-hybridized carbons (Fsp3) is 0.375. The van der Waals surface area contributed by atoms with Crippen LogP contribution in [0.15, 0.2) is 23.2 Å². The van der Waals surface area contributed by atoms with Crippen LogP contribution < -0.4 is 10.6 Å². The zero-order chi connectivity index (χ0) is 16.8. The Morgan fingerprint density at radius 2 is 2.04 bits per heavy atom. The molecule has 0 unspecified atom stereocenters. The van der Waals surface area contributed by atoms with Gasteiger partial charge in [0.2, 0.25) is 0 Å². The molecular weight excluding hydrogens is 318 g/mol. The van der Waals surface area contributed by atoms with E-state index in [2.05, 4.69) is 27.5 Å². The van der Waals surface area contributed by atoms with Gasteiger partial charge in [0, 0.05) is 37.0 Å². The molecule has 1 aromatic carbocycles. The molecule has 0 bridgehead atoms. The Hall–Kier alpha value is -2.02. The zero-order valence-corrected chi connectivity index (χ0v) is 14.2. The topological polar surface area (TPSA) is 49.3 Å². The van der Waals surface area contributed by atoms with Crippen LogP contribution in [0.3, 0.4) is 0 Å². The van der Waals surface area contributed by atoms with Crippen LogP contribution in [0.5, 0.6) is 0 Å². The lowest BCUT2D eigenvalue weighted by atomic mass is 10.2. The van der Waals surface area contributed by atoms with Crippen molar-refractivity contribution in [1.82, 2.24) is 15.6 Å². The average Bonchev–Trinajstić information content (AvgIpc) is 2.84. The summed E-state index contributed by atoms with van der Waals surface area (Å²) in [6.45, 7) is 4.88. The van der Waals surface area contributed by atoms with Gasteiger partial charge >= 0.3 is 0 Å². The third kappa shape index (κ3) is 4.99. The summed E-state index contributed by atoms with van der Waals surface area (Å²) in [6, 6.07) is 3.40. The van der Waals surface area contributed by atoms with Gasteiger partial charge in [-0.15, -0.1) is 11.3 Å². The van der Waals surface area contributed by atoms with Gasteiger partial charge in [0.15, 0.2) is 5.96 Å². The Morgan fingerprint density at radius 3 is 2.70 bits per heavy atom. The smallest absolute Gasteiger partial charge is 0.191 e. The zero-order valence-electron chi connectivity index (χ0n) is 13.4. The van der Waals surface area contributed by atoms with E-state index in [0.717, 1.165) is 29.3 Å². The molecule has 1 heterocycles. The molecule has 0 atom stereocenters. The summed E-state index contributed by atoms with van der Waals surface area (Å²) in [5.74, 6) is -0.359.